The summed E-state index contributed by atoms with van der Waals surface area (Å²) in [6, 6.07) is 9.81. The Bertz CT molecular complexity index is 529. The lowest BCUT2D eigenvalue weighted by Crippen LogP contribution is -2.02. The van der Waals surface area contributed by atoms with Crippen molar-refractivity contribution in [3.63, 3.8) is 0 Å². The van der Waals surface area contributed by atoms with Gasteiger partial charge in [0.2, 0.25) is 0 Å². The zero-order valence-electron chi connectivity index (χ0n) is 9.37. The molecule has 2 nitrogen and oxygen atoms in total. The molecule has 0 aliphatic rings. The SMILES string of the molecule is Cc1cnc(NCc2ccccc2Cl)c(Br)c1. The summed E-state index contributed by atoms with van der Waals surface area (Å²) >= 11 is 9.56. The molecule has 0 fully saturated rings. The molecule has 2 rings (SSSR count). The Labute approximate surface area is 114 Å². The molecule has 0 bridgehead atoms. The minimum atomic E-state index is 0.661. The van der Waals surface area contributed by atoms with Gasteiger partial charge >= 0.3 is 0 Å². The molecule has 0 saturated carbocycles. The number of nitrogens with zero attached hydrogens (tertiary/aromatic N) is 1. The first-order valence-corrected chi connectivity index (χ1v) is 6.43. The summed E-state index contributed by atoms with van der Waals surface area (Å²) in [6.07, 6.45) is 1.83. The van der Waals surface area contributed by atoms with Crippen LogP contribution in [-0.2, 0) is 6.54 Å². The van der Waals surface area contributed by atoms with E-state index in [1.165, 1.54) is 0 Å². The number of hydrogen-bond donors (Lipinski definition) is 1. The molecule has 0 unspecified atom stereocenters. The summed E-state index contributed by atoms with van der Waals surface area (Å²) in [5, 5.41) is 4.02. The average molecular weight is 312 g/mol. The molecular weight excluding hydrogens is 300 g/mol. The van der Waals surface area contributed by atoms with Gasteiger partial charge in [-0.25, -0.2) is 4.98 Å². The molecular formula is C13H12BrClN2. The van der Waals surface area contributed by atoms with Crippen LogP contribution in [0.25, 0.3) is 0 Å². The van der Waals surface area contributed by atoms with Crippen molar-refractivity contribution in [2.24, 2.45) is 0 Å². The van der Waals surface area contributed by atoms with E-state index in [1.807, 2.05) is 43.5 Å². The Hall–Kier alpha value is -1.06. The first-order valence-electron chi connectivity index (χ1n) is 5.26. The number of pyridine rings is 1. The van der Waals surface area contributed by atoms with E-state index >= 15 is 0 Å². The minimum absolute atomic E-state index is 0.661. The van der Waals surface area contributed by atoms with Gasteiger partial charge in [-0.3, -0.25) is 0 Å². The summed E-state index contributed by atoms with van der Waals surface area (Å²) < 4.78 is 0.963. The molecule has 0 spiro atoms. The van der Waals surface area contributed by atoms with Gasteiger partial charge in [-0.2, -0.15) is 0 Å². The predicted molar refractivity (Wildman–Crippen MR) is 75.5 cm³/mol. The van der Waals surface area contributed by atoms with Crippen LogP contribution in [0.15, 0.2) is 41.0 Å². The molecule has 1 heterocycles. The number of rotatable bonds is 3. The molecule has 0 radical (unpaired) electrons. The number of anilines is 1. The van der Waals surface area contributed by atoms with Gasteiger partial charge in [-0.15, -0.1) is 0 Å². The maximum atomic E-state index is 6.08. The molecule has 88 valence electrons. The second-order valence-corrected chi connectivity index (χ2v) is 5.05. The van der Waals surface area contributed by atoms with E-state index in [2.05, 4.69) is 26.2 Å². The predicted octanol–water partition coefficient (Wildman–Crippen LogP) is 4.42. The molecule has 4 heteroatoms. The monoisotopic (exact) mass is 310 g/mol. The third-order valence-corrected chi connectivity index (χ3v) is 3.36. The summed E-state index contributed by atoms with van der Waals surface area (Å²) in [5.74, 6) is 0.829. The third kappa shape index (κ3) is 3.20. The fourth-order valence-electron chi connectivity index (χ4n) is 1.48. The number of nitrogens with one attached hydrogen (secondary N) is 1. The first kappa shape index (κ1) is 12.4. The molecule has 1 aromatic heterocycles. The Balaban J connectivity index is 2.10. The zero-order chi connectivity index (χ0) is 12.3. The van der Waals surface area contributed by atoms with Crippen molar-refractivity contribution >= 4 is 33.3 Å². The van der Waals surface area contributed by atoms with Gasteiger partial charge in [0.15, 0.2) is 0 Å². The molecule has 2 aromatic rings. The Morgan fingerprint density at radius 2 is 2.12 bits per heavy atom. The number of aromatic nitrogens is 1. The molecule has 0 saturated heterocycles. The fourth-order valence-corrected chi connectivity index (χ4v) is 2.29. The van der Waals surface area contributed by atoms with Gasteiger partial charge < -0.3 is 5.32 Å². The molecule has 1 aromatic carbocycles. The highest BCUT2D eigenvalue weighted by Gasteiger charge is 2.03. The van der Waals surface area contributed by atoms with Crippen molar-refractivity contribution in [3.8, 4) is 0 Å². The third-order valence-electron chi connectivity index (χ3n) is 2.38. The summed E-state index contributed by atoms with van der Waals surface area (Å²) in [4.78, 5) is 4.32. The quantitative estimate of drug-likeness (QED) is 0.907. The zero-order valence-corrected chi connectivity index (χ0v) is 11.7. The highest BCUT2D eigenvalue weighted by molar-refractivity contribution is 9.10. The summed E-state index contributed by atoms with van der Waals surface area (Å²) in [5.41, 5.74) is 2.18. The van der Waals surface area contributed by atoms with Crippen LogP contribution in [0.1, 0.15) is 11.1 Å². The molecule has 0 aliphatic carbocycles. The molecule has 0 aliphatic heterocycles. The molecule has 1 N–H and O–H groups in total. The summed E-state index contributed by atoms with van der Waals surface area (Å²) in [6.45, 7) is 2.67. The highest BCUT2D eigenvalue weighted by atomic mass is 79.9. The van der Waals surface area contributed by atoms with E-state index in [0.29, 0.717) is 6.54 Å². The van der Waals surface area contributed by atoms with Crippen LogP contribution in [0.3, 0.4) is 0 Å². The minimum Gasteiger partial charge on any atom is -0.365 e. The van der Waals surface area contributed by atoms with E-state index in [0.717, 1.165) is 26.4 Å². The van der Waals surface area contributed by atoms with Crippen molar-refractivity contribution in [2.45, 2.75) is 13.5 Å². The largest absolute Gasteiger partial charge is 0.365 e. The first-order chi connectivity index (χ1) is 8.16. The van der Waals surface area contributed by atoms with Crippen LogP contribution < -0.4 is 5.32 Å². The Kier molecular flexibility index (Phi) is 4.02. The van der Waals surface area contributed by atoms with Gasteiger partial charge in [0.25, 0.3) is 0 Å². The number of halogens is 2. The maximum Gasteiger partial charge on any atom is 0.140 e. The van der Waals surface area contributed by atoms with Gasteiger partial charge in [0.1, 0.15) is 5.82 Å². The van der Waals surface area contributed by atoms with Gasteiger partial charge in [-0.05, 0) is 46.1 Å². The Morgan fingerprint density at radius 1 is 1.35 bits per heavy atom. The number of benzene rings is 1. The smallest absolute Gasteiger partial charge is 0.140 e. The fraction of sp³-hybridized carbons (Fsp3) is 0.154. The van der Waals surface area contributed by atoms with Gasteiger partial charge in [0.05, 0.1) is 4.47 Å². The van der Waals surface area contributed by atoms with Crippen LogP contribution in [0.4, 0.5) is 5.82 Å². The normalized spacial score (nSPS) is 10.3. The summed E-state index contributed by atoms with van der Waals surface area (Å²) in [7, 11) is 0. The van der Waals surface area contributed by atoms with Crippen molar-refractivity contribution < 1.29 is 0 Å². The van der Waals surface area contributed by atoms with Crippen LogP contribution in [-0.4, -0.2) is 4.98 Å². The number of aryl methyl sites for hydroxylation is 1. The topological polar surface area (TPSA) is 24.9 Å². The average Bonchev–Trinajstić information content (AvgIpc) is 2.30. The van der Waals surface area contributed by atoms with Crippen molar-refractivity contribution in [1.82, 2.24) is 4.98 Å². The van der Waals surface area contributed by atoms with Gasteiger partial charge in [-0.1, -0.05) is 29.8 Å². The molecule has 0 amide bonds. The van der Waals surface area contributed by atoms with Crippen LogP contribution >= 0.6 is 27.5 Å². The number of hydrogen-bond acceptors (Lipinski definition) is 2. The lowest BCUT2D eigenvalue weighted by atomic mass is 10.2. The molecule has 17 heavy (non-hydrogen) atoms. The van der Waals surface area contributed by atoms with Crippen molar-refractivity contribution in [1.29, 1.82) is 0 Å². The van der Waals surface area contributed by atoms with E-state index in [9.17, 15) is 0 Å². The van der Waals surface area contributed by atoms with Crippen molar-refractivity contribution in [2.75, 3.05) is 5.32 Å². The van der Waals surface area contributed by atoms with E-state index in [1.54, 1.807) is 0 Å². The van der Waals surface area contributed by atoms with Crippen LogP contribution in [0.2, 0.25) is 5.02 Å². The Morgan fingerprint density at radius 3 is 2.82 bits per heavy atom. The van der Waals surface area contributed by atoms with E-state index in [4.69, 9.17) is 11.6 Å². The van der Waals surface area contributed by atoms with Crippen LogP contribution in [0.5, 0.6) is 0 Å². The lowest BCUT2D eigenvalue weighted by molar-refractivity contribution is 1.10. The molecule has 0 atom stereocenters. The van der Waals surface area contributed by atoms with Gasteiger partial charge in [0, 0.05) is 17.8 Å². The van der Waals surface area contributed by atoms with Crippen molar-refractivity contribution in [3.05, 3.63) is 57.2 Å². The second kappa shape index (κ2) is 5.52. The van der Waals surface area contributed by atoms with Crippen LogP contribution in [0, 0.1) is 6.92 Å². The van der Waals surface area contributed by atoms with E-state index in [-0.39, 0.29) is 0 Å². The second-order valence-electron chi connectivity index (χ2n) is 3.79. The lowest BCUT2D eigenvalue weighted by Gasteiger charge is -2.09. The maximum absolute atomic E-state index is 6.08. The highest BCUT2D eigenvalue weighted by Crippen LogP contribution is 2.22. The van der Waals surface area contributed by atoms with E-state index < -0.39 is 0 Å². The standard InChI is InChI=1S/C13H12BrClN2/c1-9-6-11(14)13(16-7-9)17-8-10-4-2-3-5-12(10)15/h2-7H,8H2,1H3,(H,16,17).